The maximum Gasteiger partial charge on any atom is 0.304 e. The molecule has 7 heterocycles. The number of carbonyl (C=O) groups excluding carboxylic acids is 7. The summed E-state index contributed by atoms with van der Waals surface area (Å²) in [6.45, 7) is 22.8. The van der Waals surface area contributed by atoms with Crippen molar-refractivity contribution in [1.29, 1.82) is 0 Å². The molecule has 4 aromatic carbocycles. The monoisotopic (exact) mass is 1570 g/mol. The molecular weight excluding hydrogens is 1480 g/mol. The van der Waals surface area contributed by atoms with E-state index in [-0.39, 0.29) is 47.2 Å². The highest BCUT2D eigenvalue weighted by atomic mass is 32.1. The molecule has 0 saturated carbocycles. The molecule has 11 rings (SSSR count). The number of hydrogen-bond acceptors (Lipinski definition) is 25. The van der Waals surface area contributed by atoms with Crippen molar-refractivity contribution in [2.24, 2.45) is 27.9 Å². The number of hydrogen-bond donors (Lipinski definition) is 10. The minimum atomic E-state index is -0.666. The van der Waals surface area contributed by atoms with Crippen LogP contribution in [0.4, 0.5) is 34.6 Å². The molecule has 5 aromatic heterocycles. The summed E-state index contributed by atoms with van der Waals surface area (Å²) in [5.41, 5.74) is 42.4. The predicted octanol–water partition coefficient (Wildman–Crippen LogP) is 6.20. The van der Waals surface area contributed by atoms with Crippen molar-refractivity contribution in [2.75, 3.05) is 139 Å². The summed E-state index contributed by atoms with van der Waals surface area (Å²) in [7, 11) is 2.95. The van der Waals surface area contributed by atoms with Gasteiger partial charge in [0.05, 0.1) is 98.5 Å². The number of primary amides is 4. The number of aliphatic imine (C=N–C) groups is 1. The van der Waals surface area contributed by atoms with E-state index in [9.17, 15) is 33.6 Å². The highest BCUT2D eigenvalue weighted by Gasteiger charge is 2.26. The molecule has 0 bridgehead atoms. The van der Waals surface area contributed by atoms with Gasteiger partial charge in [0.2, 0.25) is 35.5 Å². The third-order valence-electron chi connectivity index (χ3n) is 18.0. The van der Waals surface area contributed by atoms with Crippen LogP contribution >= 0.6 is 12.2 Å². The molecule has 0 aliphatic carbocycles. The van der Waals surface area contributed by atoms with Gasteiger partial charge in [0, 0.05) is 107 Å². The average molecular weight is 1570 g/mol. The van der Waals surface area contributed by atoms with E-state index in [2.05, 4.69) is 63.6 Å². The van der Waals surface area contributed by atoms with Gasteiger partial charge < -0.3 is 82.6 Å². The van der Waals surface area contributed by atoms with Crippen LogP contribution in [0.3, 0.4) is 0 Å². The molecule has 2 saturated heterocycles. The zero-order valence-corrected chi connectivity index (χ0v) is 65.3. The molecule has 9 aromatic rings. The Kier molecular flexibility index (Phi) is 30.2. The first kappa shape index (κ1) is 84.5. The average Bonchev–Trinajstić information content (AvgIpc) is 1.63. The summed E-state index contributed by atoms with van der Waals surface area (Å²) < 4.78 is 42.6. The van der Waals surface area contributed by atoms with E-state index in [0.717, 1.165) is 64.6 Å². The van der Waals surface area contributed by atoms with Gasteiger partial charge in [-0.25, -0.2) is 9.97 Å². The SMILES string of the molecule is CCn1nc(C)cc1C(=O)N=C=S.CCn1nc(C)cc1C(=O)Nc1nc2cc(C(N)=O)cc(OC)c2n1C/C=C/Cn1c(NC(=O)c2cc(C)nn2CC)nc2cc(C(N)=O)cc(OCCCN3CCOCC3)c21.COc1cc(C(N)=O)cc(N)c1NC/C=C/CNc1c(N)cc(C(N)=O)cc1OCCCN1CCOCC1. The van der Waals surface area contributed by atoms with Crippen molar-refractivity contribution in [1.82, 2.24) is 58.2 Å². The molecule has 7 amide bonds. The van der Waals surface area contributed by atoms with Crippen molar-refractivity contribution >= 4 is 115 Å². The van der Waals surface area contributed by atoms with Crippen molar-refractivity contribution in [2.45, 2.75) is 87.1 Å². The van der Waals surface area contributed by atoms with Crippen LogP contribution in [0.2, 0.25) is 0 Å². The molecular formula is C76H97N23O13S. The largest absolute Gasteiger partial charge is 0.494 e. The lowest BCUT2D eigenvalue weighted by atomic mass is 10.1. The highest BCUT2D eigenvalue weighted by Crippen LogP contribution is 2.36. The number of aryl methyl sites for hydroxylation is 6. The topological polar surface area (TPSA) is 487 Å². The number of benzene rings is 4. The number of methoxy groups -OCH3 is 2. The Bertz CT molecular complexity index is 5040. The second-order valence-electron chi connectivity index (χ2n) is 25.9. The number of nitrogens with zero attached hydrogens (tertiary/aromatic N) is 13. The van der Waals surface area contributed by atoms with E-state index in [4.69, 9.17) is 72.8 Å². The predicted molar refractivity (Wildman–Crippen MR) is 432 cm³/mol. The third kappa shape index (κ3) is 22.2. The number of nitrogens with one attached hydrogen (secondary N) is 4. The second kappa shape index (κ2) is 40.4. The number of carbonyl (C=O) groups is 7. The zero-order valence-electron chi connectivity index (χ0n) is 64.5. The Hall–Kier alpha value is -12.5. The van der Waals surface area contributed by atoms with Crippen LogP contribution < -0.4 is 74.6 Å². The number of thiocarbonyl (C=S) groups is 1. The smallest absolute Gasteiger partial charge is 0.304 e. The molecule has 2 aliphatic rings. The fraction of sp³-hybridized carbons (Fsp3) is 0.382. The molecule has 37 heteroatoms. The molecule has 0 spiro atoms. The van der Waals surface area contributed by atoms with Crippen molar-refractivity contribution in [3.8, 4) is 23.0 Å². The summed E-state index contributed by atoms with van der Waals surface area (Å²) in [5, 5.41) is 27.3. The lowest BCUT2D eigenvalue weighted by molar-refractivity contribution is 0.0357. The van der Waals surface area contributed by atoms with Gasteiger partial charge >= 0.3 is 5.91 Å². The number of fused-ring (bicyclic) bond motifs is 2. The second-order valence-corrected chi connectivity index (χ2v) is 26.1. The normalized spacial score (nSPS) is 13.0. The fourth-order valence-electron chi connectivity index (χ4n) is 12.5. The zero-order chi connectivity index (χ0) is 81.4. The molecule has 2 fully saturated rings. The Labute approximate surface area is 657 Å². The maximum atomic E-state index is 13.8. The summed E-state index contributed by atoms with van der Waals surface area (Å²) in [5.74, 6) is -1.77. The Balaban J connectivity index is 0.000000242. The fourth-order valence-corrected chi connectivity index (χ4v) is 12.6. The van der Waals surface area contributed by atoms with Gasteiger partial charge in [-0.15, -0.1) is 0 Å². The summed E-state index contributed by atoms with van der Waals surface area (Å²) in [4.78, 5) is 104. The van der Waals surface area contributed by atoms with Gasteiger partial charge in [0.15, 0.2) is 0 Å². The van der Waals surface area contributed by atoms with Crippen molar-refractivity contribution < 1.29 is 62.0 Å². The molecule has 2 aliphatic heterocycles. The van der Waals surface area contributed by atoms with E-state index < -0.39 is 41.4 Å². The van der Waals surface area contributed by atoms with Crippen LogP contribution in [0, 0.1) is 20.8 Å². The number of imidazole rings is 2. The molecule has 16 N–H and O–H groups in total. The number of aromatic nitrogens is 10. The van der Waals surface area contributed by atoms with Gasteiger partial charge in [-0.05, 0) is 133 Å². The molecule has 113 heavy (non-hydrogen) atoms. The summed E-state index contributed by atoms with van der Waals surface area (Å²) in [6, 6.07) is 17.5. The Morgan fingerprint density at radius 3 is 1.30 bits per heavy atom. The van der Waals surface area contributed by atoms with Gasteiger partial charge in [-0.2, -0.15) is 20.3 Å². The third-order valence-corrected chi connectivity index (χ3v) is 18.1. The standard InChI is InChI=1S/C42H51N13O7.C26H37N7O5.C8H9N3OS/c1-6-54-31(19-25(3)49-54)39(58)47-41-45-29-21-27(37(43)56)23-33(60-5)35(29)52(41)12-8-9-13-53-36-30(46-42(53)48-40(59)32-20-26(4)50-55(32)7-2)22-28(38(44)57)24-34(36)62-16-10-11-51-14-17-61-18-15-51;1-36-21-15-17(25(29)34)13-19(27)23(21)31-5-2-3-6-32-24-20(28)14-18(26(30)35)16-22(24)38-10-4-7-33-8-11-37-12-9-33;1-3-11-7(4-6(2)10-11)8(12)9-5-13/h8-9,19-24H,6-7,10-18H2,1-5H3,(H2,43,56)(H2,44,57)(H,45,47,58)(H,46,48,59);2-3,13-16,31-32H,4-12,27-28H2,1H3,(H2,29,34)(H2,30,35);4H,3H2,1-2H3/b9-8+;3-2+;. The number of morpholine rings is 2. The van der Waals surface area contributed by atoms with Crippen LogP contribution in [0.1, 0.15) is 124 Å². The maximum absolute atomic E-state index is 13.8. The van der Waals surface area contributed by atoms with Gasteiger partial charge in [0.25, 0.3) is 11.8 Å². The van der Waals surface area contributed by atoms with E-state index in [1.807, 2.05) is 64.1 Å². The molecule has 600 valence electrons. The Morgan fingerprint density at radius 1 is 0.513 bits per heavy atom. The van der Waals surface area contributed by atoms with E-state index >= 15 is 0 Å². The first-order valence-corrected chi connectivity index (χ1v) is 37.0. The van der Waals surface area contributed by atoms with Crippen LogP contribution in [0.25, 0.3) is 22.1 Å². The molecule has 0 atom stereocenters. The molecule has 36 nitrogen and oxygen atoms in total. The van der Waals surface area contributed by atoms with Gasteiger partial charge in [-0.3, -0.25) is 68.0 Å². The number of amides is 7. The van der Waals surface area contributed by atoms with E-state index in [1.165, 1.54) is 44.6 Å². The number of ether oxygens (including phenoxy) is 6. The molecule has 0 radical (unpaired) electrons. The van der Waals surface area contributed by atoms with Gasteiger partial charge in [-0.1, -0.05) is 24.3 Å². The van der Waals surface area contributed by atoms with Crippen LogP contribution in [-0.4, -0.2) is 211 Å². The van der Waals surface area contributed by atoms with E-state index in [0.29, 0.717) is 162 Å². The molecule has 0 unspecified atom stereocenters. The first-order chi connectivity index (χ1) is 54.4. The van der Waals surface area contributed by atoms with Crippen LogP contribution in [0.15, 0.2) is 96.0 Å². The number of isothiocyanates is 1. The number of nitrogen functional groups attached to an aromatic ring is 2. The summed E-state index contributed by atoms with van der Waals surface area (Å²) >= 11 is 4.35. The number of nitrogens with two attached hydrogens (primary N) is 6. The highest BCUT2D eigenvalue weighted by molar-refractivity contribution is 7.78. The quantitative estimate of drug-likeness (QED) is 0.00705. The van der Waals surface area contributed by atoms with Crippen LogP contribution in [0.5, 0.6) is 23.0 Å². The Morgan fingerprint density at radius 2 is 0.885 bits per heavy atom. The minimum absolute atomic E-state index is 0.171. The minimum Gasteiger partial charge on any atom is -0.494 e. The van der Waals surface area contributed by atoms with Crippen molar-refractivity contribution in [3.63, 3.8) is 0 Å². The lowest BCUT2D eigenvalue weighted by Crippen LogP contribution is -2.37. The van der Waals surface area contributed by atoms with E-state index in [1.54, 1.807) is 66.5 Å². The number of allylic oxidation sites excluding steroid dienone is 2. The first-order valence-electron chi connectivity index (χ1n) is 36.6. The number of anilines is 6. The summed E-state index contributed by atoms with van der Waals surface area (Å²) in [6.07, 6.45) is 9.04. The van der Waals surface area contributed by atoms with Crippen LogP contribution in [-0.2, 0) is 42.2 Å². The van der Waals surface area contributed by atoms with Crippen molar-refractivity contribution in [3.05, 3.63) is 147 Å². The van der Waals surface area contributed by atoms with Gasteiger partial charge in [0.1, 0.15) is 62.5 Å². The lowest BCUT2D eigenvalue weighted by Gasteiger charge is -2.26. The number of rotatable bonds is 34.